The third kappa shape index (κ3) is 5.87. The molecule has 1 aromatic rings. The van der Waals surface area contributed by atoms with Gasteiger partial charge in [0.2, 0.25) is 0 Å². The van der Waals surface area contributed by atoms with Gasteiger partial charge in [0.1, 0.15) is 12.4 Å². The maximum atomic E-state index is 5.95. The molecule has 1 atom stereocenters. The van der Waals surface area contributed by atoms with E-state index >= 15 is 0 Å². The highest BCUT2D eigenvalue weighted by Crippen LogP contribution is 2.33. The summed E-state index contributed by atoms with van der Waals surface area (Å²) in [6.07, 6.45) is 7.77. The van der Waals surface area contributed by atoms with E-state index in [-0.39, 0.29) is 0 Å². The number of nitrogens with zero attached hydrogens (tertiary/aromatic N) is 1. The van der Waals surface area contributed by atoms with Gasteiger partial charge in [-0.25, -0.2) is 0 Å². The number of allylic oxidation sites excluding steroid dienone is 3. The van der Waals surface area contributed by atoms with Gasteiger partial charge in [0.25, 0.3) is 0 Å². The van der Waals surface area contributed by atoms with Gasteiger partial charge in [-0.2, -0.15) is 0 Å². The molecule has 0 spiro atoms. The van der Waals surface area contributed by atoms with Crippen LogP contribution in [0.4, 0.5) is 0 Å². The minimum atomic E-state index is 0.327. The minimum absolute atomic E-state index is 0.327. The number of likely N-dealkylation sites (N-methyl/N-ethyl adjacent to an activating group) is 1. The molecule has 126 valence electrons. The van der Waals surface area contributed by atoms with Crippen molar-refractivity contribution in [3.8, 4) is 0 Å². The van der Waals surface area contributed by atoms with Crippen molar-refractivity contribution in [1.82, 2.24) is 4.90 Å². The summed E-state index contributed by atoms with van der Waals surface area (Å²) in [6, 6.07) is 10.6. The number of rotatable bonds is 7. The van der Waals surface area contributed by atoms with Crippen molar-refractivity contribution in [1.29, 1.82) is 0 Å². The summed E-state index contributed by atoms with van der Waals surface area (Å²) in [7, 11) is 0. The smallest absolute Gasteiger partial charge is 0.115 e. The number of ether oxygens (including phenoxy) is 1. The van der Waals surface area contributed by atoms with E-state index in [1.807, 2.05) is 0 Å². The van der Waals surface area contributed by atoms with Crippen LogP contribution in [-0.2, 0) is 11.3 Å². The summed E-state index contributed by atoms with van der Waals surface area (Å²) in [4.78, 5) is 2.42. The fourth-order valence-corrected chi connectivity index (χ4v) is 2.83. The Morgan fingerprint density at radius 1 is 1.17 bits per heavy atom. The number of hydrogen-bond acceptors (Lipinski definition) is 2. The number of hydrogen-bond donors (Lipinski definition) is 0. The largest absolute Gasteiger partial charge is 0.493 e. The van der Waals surface area contributed by atoms with Crippen molar-refractivity contribution in [3.63, 3.8) is 0 Å². The monoisotopic (exact) mass is 313 g/mol. The van der Waals surface area contributed by atoms with E-state index in [1.54, 1.807) is 0 Å². The fraction of sp³-hybridized carbons (Fsp3) is 0.524. The third-order valence-corrected chi connectivity index (χ3v) is 4.55. The van der Waals surface area contributed by atoms with Crippen molar-refractivity contribution < 1.29 is 4.74 Å². The molecule has 2 heteroatoms. The first-order valence-electron chi connectivity index (χ1n) is 8.76. The lowest BCUT2D eigenvalue weighted by atomic mass is 9.77. The Morgan fingerprint density at radius 2 is 1.91 bits per heavy atom. The third-order valence-electron chi connectivity index (χ3n) is 4.55. The molecule has 0 radical (unpaired) electrons. The molecule has 1 unspecified atom stereocenters. The zero-order chi connectivity index (χ0) is 16.7. The van der Waals surface area contributed by atoms with Gasteiger partial charge >= 0.3 is 0 Å². The van der Waals surface area contributed by atoms with Crippen LogP contribution >= 0.6 is 0 Å². The maximum Gasteiger partial charge on any atom is 0.115 e. The summed E-state index contributed by atoms with van der Waals surface area (Å²) in [6.45, 7) is 12.8. The molecule has 0 bridgehead atoms. The molecule has 0 aromatic heterocycles. The van der Waals surface area contributed by atoms with Crippen LogP contribution in [-0.4, -0.2) is 24.6 Å². The van der Waals surface area contributed by atoms with Crippen LogP contribution < -0.4 is 0 Å². The van der Waals surface area contributed by atoms with E-state index < -0.39 is 0 Å². The second kappa shape index (κ2) is 8.35. The lowest BCUT2D eigenvalue weighted by Crippen LogP contribution is -2.27. The van der Waals surface area contributed by atoms with Gasteiger partial charge in [-0.3, -0.25) is 4.90 Å². The molecule has 23 heavy (non-hydrogen) atoms. The molecule has 0 saturated heterocycles. The van der Waals surface area contributed by atoms with Crippen LogP contribution in [0.1, 0.15) is 39.7 Å². The van der Waals surface area contributed by atoms with Crippen LogP contribution in [0.15, 0.2) is 54.3 Å². The molecular weight excluding hydrogens is 282 g/mol. The molecule has 1 aliphatic rings. The van der Waals surface area contributed by atoms with Crippen molar-refractivity contribution in [2.24, 2.45) is 11.3 Å². The highest BCUT2D eigenvalue weighted by Gasteiger charge is 2.23. The first-order valence-corrected chi connectivity index (χ1v) is 8.76. The van der Waals surface area contributed by atoms with Crippen molar-refractivity contribution in [2.45, 2.75) is 40.7 Å². The lowest BCUT2D eigenvalue weighted by molar-refractivity contribution is 0.160. The van der Waals surface area contributed by atoms with E-state index in [2.05, 4.69) is 81.2 Å². The van der Waals surface area contributed by atoms with Gasteiger partial charge in [0.05, 0.1) is 0 Å². The Bertz CT molecular complexity index is 525. The molecule has 0 saturated carbocycles. The molecular formula is C21H31NO. The molecule has 2 rings (SSSR count). The normalized spacial score (nSPS) is 18.1. The summed E-state index contributed by atoms with van der Waals surface area (Å²) in [5, 5.41) is 0. The van der Waals surface area contributed by atoms with Gasteiger partial charge in [0, 0.05) is 13.1 Å². The van der Waals surface area contributed by atoms with E-state index in [9.17, 15) is 0 Å². The van der Waals surface area contributed by atoms with Crippen LogP contribution in [0.25, 0.3) is 0 Å². The first kappa shape index (κ1) is 17.8. The molecule has 0 fully saturated rings. The van der Waals surface area contributed by atoms with Crippen molar-refractivity contribution in [3.05, 3.63) is 59.9 Å². The fourth-order valence-electron chi connectivity index (χ4n) is 2.83. The van der Waals surface area contributed by atoms with Gasteiger partial charge in [0.15, 0.2) is 0 Å². The topological polar surface area (TPSA) is 12.5 Å². The van der Waals surface area contributed by atoms with Gasteiger partial charge in [-0.05, 0) is 42.0 Å². The quantitative estimate of drug-likeness (QED) is 0.700. The molecule has 0 N–H and O–H groups in total. The van der Waals surface area contributed by atoms with Crippen LogP contribution in [0.5, 0.6) is 0 Å². The molecule has 1 aromatic carbocycles. The second-order valence-electron chi connectivity index (χ2n) is 7.38. The standard InChI is InChI=1S/C21H31NO/c1-5-22(17-18-9-7-6-8-10-18)15-16-23-20-13-11-19(12-14-20)21(2,3)4/h6-11,13-14,19H,5,12,15-17H2,1-4H3. The van der Waals surface area contributed by atoms with Gasteiger partial charge in [-0.15, -0.1) is 0 Å². The molecule has 1 aliphatic carbocycles. The van der Waals surface area contributed by atoms with Gasteiger partial charge < -0.3 is 4.74 Å². The minimum Gasteiger partial charge on any atom is -0.493 e. The van der Waals surface area contributed by atoms with E-state index in [1.165, 1.54) is 5.56 Å². The van der Waals surface area contributed by atoms with E-state index in [4.69, 9.17) is 4.74 Å². The Kier molecular flexibility index (Phi) is 6.47. The summed E-state index contributed by atoms with van der Waals surface area (Å²) >= 11 is 0. The molecule has 0 heterocycles. The van der Waals surface area contributed by atoms with Crippen LogP contribution in [0, 0.1) is 11.3 Å². The molecule has 2 nitrogen and oxygen atoms in total. The molecule has 0 amide bonds. The highest BCUT2D eigenvalue weighted by atomic mass is 16.5. The Balaban J connectivity index is 1.74. The van der Waals surface area contributed by atoms with E-state index in [0.717, 1.165) is 38.4 Å². The number of benzene rings is 1. The average molecular weight is 313 g/mol. The van der Waals surface area contributed by atoms with Gasteiger partial charge in [-0.1, -0.05) is 64.1 Å². The van der Waals surface area contributed by atoms with Crippen molar-refractivity contribution in [2.75, 3.05) is 19.7 Å². The van der Waals surface area contributed by atoms with Crippen LogP contribution in [0.2, 0.25) is 0 Å². The Hall–Kier alpha value is -1.54. The summed E-state index contributed by atoms with van der Waals surface area (Å²) in [5.41, 5.74) is 1.69. The summed E-state index contributed by atoms with van der Waals surface area (Å²) < 4.78 is 5.95. The first-order chi connectivity index (χ1) is 11.0. The second-order valence-corrected chi connectivity index (χ2v) is 7.38. The maximum absolute atomic E-state index is 5.95. The zero-order valence-corrected chi connectivity index (χ0v) is 15.1. The highest BCUT2D eigenvalue weighted by molar-refractivity contribution is 5.19. The SMILES string of the molecule is CCN(CCOC1=CCC(C(C)(C)C)C=C1)Cc1ccccc1. The zero-order valence-electron chi connectivity index (χ0n) is 15.1. The predicted octanol–water partition coefficient (Wildman–Crippen LogP) is 5.03. The van der Waals surface area contributed by atoms with Crippen LogP contribution in [0.3, 0.4) is 0 Å². The van der Waals surface area contributed by atoms with E-state index in [0.29, 0.717) is 11.3 Å². The Labute approximate surface area is 141 Å². The lowest BCUT2D eigenvalue weighted by Gasteiger charge is -2.29. The Morgan fingerprint density at radius 3 is 2.48 bits per heavy atom. The predicted molar refractivity (Wildman–Crippen MR) is 98.1 cm³/mol. The average Bonchev–Trinajstić information content (AvgIpc) is 2.54. The van der Waals surface area contributed by atoms with Crippen molar-refractivity contribution >= 4 is 0 Å². The molecule has 0 aliphatic heterocycles. The summed E-state index contributed by atoms with van der Waals surface area (Å²) in [5.74, 6) is 1.64.